The molecule has 1 rings (SSSR count). The molecule has 1 amide bonds. The Hall–Kier alpha value is -0.730. The summed E-state index contributed by atoms with van der Waals surface area (Å²) in [6.07, 6.45) is 0.358. The van der Waals surface area contributed by atoms with Gasteiger partial charge in [-0.3, -0.25) is 4.79 Å². The molecule has 1 N–H and O–H groups in total. The van der Waals surface area contributed by atoms with E-state index in [9.17, 15) is 4.79 Å². The van der Waals surface area contributed by atoms with E-state index in [-0.39, 0.29) is 11.9 Å². The van der Waals surface area contributed by atoms with Gasteiger partial charge in [0.25, 0.3) is 0 Å². The molecular weight excluding hydrogens is 257 g/mol. The van der Waals surface area contributed by atoms with Crippen LogP contribution in [0.3, 0.4) is 0 Å². The summed E-state index contributed by atoms with van der Waals surface area (Å²) in [5.41, 5.74) is 0.948. The van der Waals surface area contributed by atoms with Crippen LogP contribution in [-0.2, 0) is 11.2 Å². The normalized spacial score (nSPS) is 12.5. The Bertz CT molecular complexity index is 362. The molecule has 0 fully saturated rings. The van der Waals surface area contributed by atoms with Gasteiger partial charge in [0.2, 0.25) is 5.91 Å². The highest BCUT2D eigenvalue weighted by atomic mass is 35.5. The summed E-state index contributed by atoms with van der Waals surface area (Å²) in [5, 5.41) is 3.60. The summed E-state index contributed by atoms with van der Waals surface area (Å²) in [4.78, 5) is 11.8. The standard InChI is InChI=1S/C13H17Cl2NO/c1-9(2)12(8-14)16-13(17)7-10-3-5-11(15)6-4-10/h3-6,9,12H,7-8H2,1-2H3,(H,16,17). The highest BCUT2D eigenvalue weighted by Gasteiger charge is 2.14. The number of amides is 1. The predicted octanol–water partition coefficient (Wildman–Crippen LogP) is 3.26. The fraction of sp³-hybridized carbons (Fsp3) is 0.462. The van der Waals surface area contributed by atoms with Crippen LogP contribution < -0.4 is 5.32 Å². The Balaban J connectivity index is 2.52. The van der Waals surface area contributed by atoms with Gasteiger partial charge in [0.1, 0.15) is 0 Å². The average Bonchev–Trinajstić information content (AvgIpc) is 2.28. The first-order valence-corrected chi connectivity index (χ1v) is 6.54. The largest absolute Gasteiger partial charge is 0.352 e. The van der Waals surface area contributed by atoms with Gasteiger partial charge in [0.05, 0.1) is 6.42 Å². The predicted molar refractivity (Wildman–Crippen MR) is 72.6 cm³/mol. The Kier molecular flexibility index (Phi) is 5.79. The minimum absolute atomic E-state index is 0.00771. The van der Waals surface area contributed by atoms with Crippen LogP contribution in [0.2, 0.25) is 5.02 Å². The summed E-state index contributed by atoms with van der Waals surface area (Å²) >= 11 is 11.6. The molecule has 0 radical (unpaired) electrons. The minimum Gasteiger partial charge on any atom is -0.352 e. The fourth-order valence-electron chi connectivity index (χ4n) is 1.43. The van der Waals surface area contributed by atoms with E-state index >= 15 is 0 Å². The molecule has 2 nitrogen and oxygen atoms in total. The van der Waals surface area contributed by atoms with Gasteiger partial charge in [-0.15, -0.1) is 11.6 Å². The molecular formula is C13H17Cl2NO. The smallest absolute Gasteiger partial charge is 0.224 e. The highest BCUT2D eigenvalue weighted by Crippen LogP contribution is 2.10. The van der Waals surface area contributed by atoms with Crippen LogP contribution in [-0.4, -0.2) is 17.8 Å². The van der Waals surface area contributed by atoms with Crippen molar-refractivity contribution in [3.63, 3.8) is 0 Å². The van der Waals surface area contributed by atoms with Crippen LogP contribution in [0.4, 0.5) is 0 Å². The number of halogens is 2. The first-order valence-electron chi connectivity index (χ1n) is 5.62. The van der Waals surface area contributed by atoms with E-state index in [0.29, 0.717) is 23.2 Å². The van der Waals surface area contributed by atoms with Crippen molar-refractivity contribution in [3.05, 3.63) is 34.9 Å². The maximum Gasteiger partial charge on any atom is 0.224 e. The lowest BCUT2D eigenvalue weighted by Gasteiger charge is -2.19. The second-order valence-electron chi connectivity index (χ2n) is 4.38. The molecule has 0 saturated heterocycles. The van der Waals surface area contributed by atoms with Gasteiger partial charge in [-0.25, -0.2) is 0 Å². The topological polar surface area (TPSA) is 29.1 Å². The lowest BCUT2D eigenvalue weighted by atomic mass is 10.1. The summed E-state index contributed by atoms with van der Waals surface area (Å²) in [7, 11) is 0. The van der Waals surface area contributed by atoms with Crippen LogP contribution >= 0.6 is 23.2 Å². The van der Waals surface area contributed by atoms with Gasteiger partial charge in [0, 0.05) is 16.9 Å². The number of hydrogen-bond acceptors (Lipinski definition) is 1. The third kappa shape index (κ3) is 4.97. The summed E-state index contributed by atoms with van der Waals surface area (Å²) < 4.78 is 0. The number of rotatable bonds is 5. The molecule has 94 valence electrons. The van der Waals surface area contributed by atoms with Crippen molar-refractivity contribution in [1.29, 1.82) is 0 Å². The van der Waals surface area contributed by atoms with Crippen molar-refractivity contribution in [2.45, 2.75) is 26.3 Å². The van der Waals surface area contributed by atoms with Gasteiger partial charge in [-0.05, 0) is 23.6 Å². The van der Waals surface area contributed by atoms with E-state index in [4.69, 9.17) is 23.2 Å². The maximum atomic E-state index is 11.8. The lowest BCUT2D eigenvalue weighted by molar-refractivity contribution is -0.121. The van der Waals surface area contributed by atoms with Gasteiger partial charge in [-0.1, -0.05) is 37.6 Å². The van der Waals surface area contributed by atoms with Gasteiger partial charge >= 0.3 is 0 Å². The molecule has 0 aliphatic heterocycles. The number of nitrogens with one attached hydrogen (secondary N) is 1. The summed E-state index contributed by atoms with van der Waals surface area (Å²) in [5.74, 6) is 0.762. The van der Waals surface area contributed by atoms with E-state index in [1.54, 1.807) is 12.1 Å². The summed E-state index contributed by atoms with van der Waals surface area (Å²) in [6, 6.07) is 7.30. The molecule has 0 aliphatic rings. The molecule has 0 heterocycles. The number of carbonyl (C=O) groups excluding carboxylic acids is 1. The fourth-order valence-corrected chi connectivity index (χ4v) is 1.99. The average molecular weight is 274 g/mol. The quantitative estimate of drug-likeness (QED) is 0.820. The number of benzene rings is 1. The first kappa shape index (κ1) is 14.3. The maximum absolute atomic E-state index is 11.8. The SMILES string of the molecule is CC(C)C(CCl)NC(=O)Cc1ccc(Cl)cc1. The number of hydrogen-bond donors (Lipinski definition) is 1. The zero-order valence-corrected chi connectivity index (χ0v) is 11.6. The van der Waals surface area contributed by atoms with E-state index in [1.165, 1.54) is 0 Å². The van der Waals surface area contributed by atoms with Crippen LogP contribution in [0.5, 0.6) is 0 Å². The molecule has 1 atom stereocenters. The number of alkyl halides is 1. The molecule has 1 unspecified atom stereocenters. The molecule has 0 spiro atoms. The third-order valence-electron chi connectivity index (χ3n) is 2.60. The second kappa shape index (κ2) is 6.87. The van der Waals surface area contributed by atoms with Gasteiger partial charge < -0.3 is 5.32 Å². The molecule has 1 aromatic carbocycles. The zero-order chi connectivity index (χ0) is 12.8. The van der Waals surface area contributed by atoms with Crippen LogP contribution in [0.15, 0.2) is 24.3 Å². The van der Waals surface area contributed by atoms with Gasteiger partial charge in [0.15, 0.2) is 0 Å². The van der Waals surface area contributed by atoms with Crippen molar-refractivity contribution in [2.75, 3.05) is 5.88 Å². The molecule has 0 bridgehead atoms. The zero-order valence-electron chi connectivity index (χ0n) is 10.0. The van der Waals surface area contributed by atoms with E-state index in [1.807, 2.05) is 26.0 Å². The molecule has 0 aromatic heterocycles. The first-order chi connectivity index (χ1) is 8.02. The Morgan fingerprint density at radius 2 is 1.88 bits per heavy atom. The van der Waals surface area contributed by atoms with Gasteiger partial charge in [-0.2, -0.15) is 0 Å². The number of carbonyl (C=O) groups is 1. The molecule has 0 aliphatic carbocycles. The van der Waals surface area contributed by atoms with Crippen molar-refractivity contribution in [3.8, 4) is 0 Å². The molecule has 0 saturated carbocycles. The van der Waals surface area contributed by atoms with E-state index < -0.39 is 0 Å². The van der Waals surface area contributed by atoms with Crippen LogP contribution in [0.1, 0.15) is 19.4 Å². The Morgan fingerprint density at radius 1 is 1.29 bits per heavy atom. The van der Waals surface area contributed by atoms with E-state index in [2.05, 4.69) is 5.32 Å². The highest BCUT2D eigenvalue weighted by molar-refractivity contribution is 6.30. The third-order valence-corrected chi connectivity index (χ3v) is 3.18. The Morgan fingerprint density at radius 3 is 2.35 bits per heavy atom. The van der Waals surface area contributed by atoms with Crippen molar-refractivity contribution in [2.24, 2.45) is 5.92 Å². The summed E-state index contributed by atoms with van der Waals surface area (Å²) in [6.45, 7) is 4.07. The monoisotopic (exact) mass is 273 g/mol. The molecule has 17 heavy (non-hydrogen) atoms. The minimum atomic E-state index is -0.00771. The van der Waals surface area contributed by atoms with Crippen LogP contribution in [0, 0.1) is 5.92 Å². The molecule has 4 heteroatoms. The Labute approximate surface area is 112 Å². The molecule has 1 aromatic rings. The van der Waals surface area contributed by atoms with Crippen LogP contribution in [0.25, 0.3) is 0 Å². The van der Waals surface area contributed by atoms with E-state index in [0.717, 1.165) is 5.56 Å². The lowest BCUT2D eigenvalue weighted by Crippen LogP contribution is -2.40. The van der Waals surface area contributed by atoms with Crippen molar-refractivity contribution < 1.29 is 4.79 Å². The van der Waals surface area contributed by atoms with Crippen molar-refractivity contribution >= 4 is 29.1 Å². The van der Waals surface area contributed by atoms with Crippen molar-refractivity contribution in [1.82, 2.24) is 5.32 Å². The second-order valence-corrected chi connectivity index (χ2v) is 5.12.